The van der Waals surface area contributed by atoms with E-state index in [-0.39, 0.29) is 6.10 Å². The number of hydrogen-bond acceptors (Lipinski definition) is 2. The average Bonchev–Trinajstić information content (AvgIpc) is 2.26. The van der Waals surface area contributed by atoms with E-state index in [2.05, 4.69) is 43.4 Å². The lowest BCUT2D eigenvalue weighted by atomic mass is 10.1. The lowest BCUT2D eigenvalue weighted by Crippen LogP contribution is -2.28. The Bertz CT molecular complexity index is 281. The Morgan fingerprint density at radius 3 is 2.40 bits per heavy atom. The fourth-order valence-corrected chi connectivity index (χ4v) is 1.43. The summed E-state index contributed by atoms with van der Waals surface area (Å²) in [6.45, 7) is 6.85. The van der Waals surface area contributed by atoms with Crippen LogP contribution >= 0.6 is 0 Å². The van der Waals surface area contributed by atoms with Crippen molar-refractivity contribution < 1.29 is 5.11 Å². The van der Waals surface area contributed by atoms with E-state index in [1.165, 1.54) is 11.1 Å². The largest absolute Gasteiger partial charge is 0.392 e. The number of aryl methyl sites for hydroxylation is 1. The zero-order valence-corrected chi connectivity index (χ0v) is 9.83. The summed E-state index contributed by atoms with van der Waals surface area (Å²) in [5.41, 5.74) is 2.54. The summed E-state index contributed by atoms with van der Waals surface area (Å²) in [5.74, 6) is 0. The van der Waals surface area contributed by atoms with Crippen LogP contribution in [0.2, 0.25) is 0 Å². The Labute approximate surface area is 92.3 Å². The number of aliphatic hydroxyl groups excluding tert-OH is 1. The first-order valence-corrected chi connectivity index (χ1v) is 5.61. The summed E-state index contributed by atoms with van der Waals surface area (Å²) in [7, 11) is 0. The van der Waals surface area contributed by atoms with Crippen LogP contribution in [-0.2, 0) is 0 Å². The molecule has 0 saturated carbocycles. The van der Waals surface area contributed by atoms with E-state index in [0.29, 0.717) is 12.6 Å². The van der Waals surface area contributed by atoms with Crippen LogP contribution in [0, 0.1) is 6.92 Å². The molecule has 15 heavy (non-hydrogen) atoms. The molecule has 0 bridgehead atoms. The van der Waals surface area contributed by atoms with Gasteiger partial charge in [-0.3, -0.25) is 0 Å². The Kier molecular flexibility index (Phi) is 4.79. The number of nitrogens with one attached hydrogen (secondary N) is 1. The van der Waals surface area contributed by atoms with Crippen LogP contribution in [0.1, 0.15) is 37.4 Å². The van der Waals surface area contributed by atoms with Crippen molar-refractivity contribution in [1.82, 2.24) is 5.32 Å². The first-order valence-electron chi connectivity index (χ1n) is 5.61. The highest BCUT2D eigenvalue weighted by Gasteiger charge is 2.06. The van der Waals surface area contributed by atoms with E-state index < -0.39 is 0 Å². The minimum absolute atomic E-state index is 0.238. The Morgan fingerprint density at radius 2 is 1.87 bits per heavy atom. The van der Waals surface area contributed by atoms with Gasteiger partial charge in [-0.15, -0.1) is 0 Å². The standard InChI is InChI=1S/C13H21NO/c1-4-13(15)9-14-11(3)12-7-5-10(2)6-8-12/h5-8,11,13-15H,4,9H2,1-3H3/t11-,13?/m1/s1. The summed E-state index contributed by atoms with van der Waals surface area (Å²) in [6, 6.07) is 8.79. The maximum atomic E-state index is 9.44. The maximum Gasteiger partial charge on any atom is 0.0662 e. The predicted molar refractivity (Wildman–Crippen MR) is 63.9 cm³/mol. The third-order valence-corrected chi connectivity index (χ3v) is 2.71. The van der Waals surface area contributed by atoms with Gasteiger partial charge in [0.25, 0.3) is 0 Å². The van der Waals surface area contributed by atoms with Crippen molar-refractivity contribution in [3.63, 3.8) is 0 Å². The molecule has 1 aromatic carbocycles. The van der Waals surface area contributed by atoms with Crippen molar-refractivity contribution in [2.45, 2.75) is 39.3 Å². The zero-order valence-electron chi connectivity index (χ0n) is 9.83. The molecule has 0 fully saturated rings. The van der Waals surface area contributed by atoms with Gasteiger partial charge in [0.15, 0.2) is 0 Å². The molecule has 0 saturated heterocycles. The minimum atomic E-state index is -0.238. The van der Waals surface area contributed by atoms with Gasteiger partial charge in [0.2, 0.25) is 0 Å². The molecule has 84 valence electrons. The van der Waals surface area contributed by atoms with E-state index in [1.54, 1.807) is 0 Å². The van der Waals surface area contributed by atoms with E-state index >= 15 is 0 Å². The predicted octanol–water partition coefficient (Wildman–Crippen LogP) is 2.42. The Balaban J connectivity index is 2.46. The van der Waals surface area contributed by atoms with Crippen molar-refractivity contribution in [1.29, 1.82) is 0 Å². The molecular formula is C13H21NO. The third kappa shape index (κ3) is 4.02. The highest BCUT2D eigenvalue weighted by molar-refractivity contribution is 5.23. The number of hydrogen-bond donors (Lipinski definition) is 2. The minimum Gasteiger partial charge on any atom is -0.392 e. The van der Waals surface area contributed by atoms with Crippen LogP contribution in [0.3, 0.4) is 0 Å². The fourth-order valence-electron chi connectivity index (χ4n) is 1.43. The summed E-state index contributed by atoms with van der Waals surface area (Å²) in [6.07, 6.45) is 0.561. The number of rotatable bonds is 5. The lowest BCUT2D eigenvalue weighted by Gasteiger charge is -2.16. The molecule has 2 N–H and O–H groups in total. The first kappa shape index (κ1) is 12.2. The smallest absolute Gasteiger partial charge is 0.0662 e. The highest BCUT2D eigenvalue weighted by Crippen LogP contribution is 2.12. The Hall–Kier alpha value is -0.860. The average molecular weight is 207 g/mol. The van der Waals surface area contributed by atoms with Gasteiger partial charge in [-0.05, 0) is 25.8 Å². The zero-order chi connectivity index (χ0) is 11.3. The van der Waals surface area contributed by atoms with Gasteiger partial charge >= 0.3 is 0 Å². The molecule has 0 aliphatic rings. The van der Waals surface area contributed by atoms with Gasteiger partial charge in [0.1, 0.15) is 0 Å². The van der Waals surface area contributed by atoms with Crippen molar-refractivity contribution in [2.75, 3.05) is 6.54 Å². The second-order valence-electron chi connectivity index (χ2n) is 4.10. The van der Waals surface area contributed by atoms with Crippen LogP contribution in [-0.4, -0.2) is 17.8 Å². The maximum absolute atomic E-state index is 9.44. The molecule has 1 aromatic rings. The monoisotopic (exact) mass is 207 g/mol. The summed E-state index contributed by atoms with van der Waals surface area (Å²) >= 11 is 0. The molecule has 1 unspecified atom stereocenters. The van der Waals surface area contributed by atoms with E-state index in [4.69, 9.17) is 0 Å². The van der Waals surface area contributed by atoms with Crippen molar-refractivity contribution >= 4 is 0 Å². The molecule has 0 aliphatic heterocycles. The third-order valence-electron chi connectivity index (χ3n) is 2.71. The van der Waals surface area contributed by atoms with Gasteiger partial charge in [-0.1, -0.05) is 36.8 Å². The molecule has 0 spiro atoms. The molecule has 0 aliphatic carbocycles. The van der Waals surface area contributed by atoms with Crippen LogP contribution in [0.4, 0.5) is 0 Å². The topological polar surface area (TPSA) is 32.3 Å². The Morgan fingerprint density at radius 1 is 1.27 bits per heavy atom. The molecule has 2 atom stereocenters. The molecule has 0 aromatic heterocycles. The van der Waals surface area contributed by atoms with Crippen LogP contribution in [0.5, 0.6) is 0 Å². The molecule has 2 heteroatoms. The van der Waals surface area contributed by atoms with Crippen LogP contribution in [0.25, 0.3) is 0 Å². The summed E-state index contributed by atoms with van der Waals surface area (Å²) in [5, 5.41) is 12.8. The second-order valence-corrected chi connectivity index (χ2v) is 4.10. The van der Waals surface area contributed by atoms with Gasteiger partial charge in [0, 0.05) is 12.6 Å². The van der Waals surface area contributed by atoms with Crippen molar-refractivity contribution in [3.8, 4) is 0 Å². The number of aliphatic hydroxyl groups is 1. The first-order chi connectivity index (χ1) is 7.13. The van der Waals surface area contributed by atoms with Gasteiger partial charge < -0.3 is 10.4 Å². The molecule has 2 nitrogen and oxygen atoms in total. The van der Waals surface area contributed by atoms with E-state index in [1.807, 2.05) is 6.92 Å². The number of benzene rings is 1. The molecular weight excluding hydrogens is 186 g/mol. The molecule has 1 rings (SSSR count). The molecule has 0 heterocycles. The quantitative estimate of drug-likeness (QED) is 0.777. The SMILES string of the molecule is CCC(O)CN[C@H](C)c1ccc(C)cc1. The normalized spacial score (nSPS) is 14.9. The summed E-state index contributed by atoms with van der Waals surface area (Å²) < 4.78 is 0. The van der Waals surface area contributed by atoms with E-state index in [9.17, 15) is 5.11 Å². The van der Waals surface area contributed by atoms with Crippen molar-refractivity contribution in [2.24, 2.45) is 0 Å². The van der Waals surface area contributed by atoms with Gasteiger partial charge in [-0.2, -0.15) is 0 Å². The second kappa shape index (κ2) is 5.89. The van der Waals surface area contributed by atoms with E-state index in [0.717, 1.165) is 6.42 Å². The molecule has 0 radical (unpaired) electrons. The van der Waals surface area contributed by atoms with Gasteiger partial charge in [-0.25, -0.2) is 0 Å². The van der Waals surface area contributed by atoms with Crippen molar-refractivity contribution in [3.05, 3.63) is 35.4 Å². The highest BCUT2D eigenvalue weighted by atomic mass is 16.3. The van der Waals surface area contributed by atoms with Gasteiger partial charge in [0.05, 0.1) is 6.10 Å². The molecule has 0 amide bonds. The van der Waals surface area contributed by atoms with Crippen LogP contribution in [0.15, 0.2) is 24.3 Å². The van der Waals surface area contributed by atoms with Crippen LogP contribution < -0.4 is 5.32 Å². The summed E-state index contributed by atoms with van der Waals surface area (Å²) in [4.78, 5) is 0. The lowest BCUT2D eigenvalue weighted by molar-refractivity contribution is 0.164. The fraction of sp³-hybridized carbons (Fsp3) is 0.538.